The minimum Gasteiger partial charge on any atom is -0.496 e. The van der Waals surface area contributed by atoms with E-state index in [0.717, 1.165) is 34.6 Å². The van der Waals surface area contributed by atoms with Gasteiger partial charge in [-0.25, -0.2) is 0 Å². The van der Waals surface area contributed by atoms with Crippen LogP contribution < -0.4 is 4.74 Å². The Labute approximate surface area is 171 Å². The fraction of sp³-hybridized carbons (Fsp3) is 0.250. The van der Waals surface area contributed by atoms with Gasteiger partial charge in [-0.1, -0.05) is 42.8 Å². The number of carbonyl (C=O) groups excluding carboxylic acids is 1. The number of ketones is 1. The summed E-state index contributed by atoms with van der Waals surface area (Å²) in [5.41, 5.74) is 5.31. The lowest BCUT2D eigenvalue weighted by Gasteiger charge is -2.12. The van der Waals surface area contributed by atoms with Crippen LogP contribution in [0.4, 0.5) is 0 Å². The summed E-state index contributed by atoms with van der Waals surface area (Å²) in [6.45, 7) is 1.89. The van der Waals surface area contributed by atoms with Crippen molar-refractivity contribution >= 4 is 17.4 Å². The lowest BCUT2D eigenvalue weighted by molar-refractivity contribution is -0.118. The maximum Gasteiger partial charge on any atom is 0.133 e. The average Bonchev–Trinajstić information content (AvgIpc) is 2.73. The summed E-state index contributed by atoms with van der Waals surface area (Å²) in [7, 11) is 1.68. The second kappa shape index (κ2) is 9.52. The Morgan fingerprint density at radius 3 is 2.57 bits per heavy atom. The summed E-state index contributed by atoms with van der Waals surface area (Å²) < 4.78 is 5.53. The number of carbonyl (C=O) groups is 1. The molecule has 1 heterocycles. The number of Topliss-reactive ketones (excluding diaryl/α,β-unsaturated/α-hetero) is 1. The lowest BCUT2D eigenvalue weighted by atomic mass is 9.98. The van der Waals surface area contributed by atoms with Gasteiger partial charge in [0.1, 0.15) is 11.5 Å². The third-order valence-corrected chi connectivity index (χ3v) is 4.98. The standard InChI is InChI=1S/C24H24ClNO2/c1-3-22(27)11-10-21-9-7-18(16-26-21)13-17-8-12-24(28-2)23(14-17)19-5-4-6-20(25)15-19/h4-9,12,14-16H,3,10-11,13H2,1-2H3. The van der Waals surface area contributed by atoms with Gasteiger partial charge in [0.05, 0.1) is 7.11 Å². The molecule has 4 heteroatoms. The molecule has 0 saturated heterocycles. The van der Waals surface area contributed by atoms with Crippen molar-refractivity contribution in [3.63, 3.8) is 0 Å². The van der Waals surface area contributed by atoms with E-state index in [4.69, 9.17) is 16.3 Å². The lowest BCUT2D eigenvalue weighted by Crippen LogP contribution is -2.00. The Morgan fingerprint density at radius 2 is 1.89 bits per heavy atom. The second-order valence-electron chi connectivity index (χ2n) is 6.77. The Bertz CT molecular complexity index is 951. The number of hydrogen-bond donors (Lipinski definition) is 0. The first kappa shape index (κ1) is 20.1. The van der Waals surface area contributed by atoms with Crippen LogP contribution in [0, 0.1) is 0 Å². The first-order valence-corrected chi connectivity index (χ1v) is 9.85. The number of ether oxygens (including phenoxy) is 1. The van der Waals surface area contributed by atoms with Crippen LogP contribution >= 0.6 is 11.6 Å². The van der Waals surface area contributed by atoms with Crippen LogP contribution in [0.15, 0.2) is 60.8 Å². The minimum absolute atomic E-state index is 0.276. The number of methoxy groups -OCH3 is 1. The molecule has 3 aromatic rings. The predicted octanol–water partition coefficient (Wildman–Crippen LogP) is 5.91. The average molecular weight is 394 g/mol. The molecular formula is C24H24ClNO2. The van der Waals surface area contributed by atoms with Gasteiger partial charge >= 0.3 is 0 Å². The monoisotopic (exact) mass is 393 g/mol. The van der Waals surface area contributed by atoms with Gasteiger partial charge in [0.2, 0.25) is 0 Å². The molecule has 0 aliphatic rings. The van der Waals surface area contributed by atoms with Crippen molar-refractivity contribution in [1.82, 2.24) is 4.98 Å². The molecule has 0 atom stereocenters. The highest BCUT2D eigenvalue weighted by Gasteiger charge is 2.09. The number of aryl methyl sites for hydroxylation is 1. The predicted molar refractivity (Wildman–Crippen MR) is 114 cm³/mol. The molecule has 3 rings (SSSR count). The van der Waals surface area contributed by atoms with Gasteiger partial charge in [-0.2, -0.15) is 0 Å². The summed E-state index contributed by atoms with van der Waals surface area (Å²) in [4.78, 5) is 16.0. The molecular weight excluding hydrogens is 370 g/mol. The zero-order valence-corrected chi connectivity index (χ0v) is 17.0. The molecule has 144 valence electrons. The molecule has 0 amide bonds. The van der Waals surface area contributed by atoms with E-state index < -0.39 is 0 Å². The molecule has 0 N–H and O–H groups in total. The largest absolute Gasteiger partial charge is 0.496 e. The molecule has 3 nitrogen and oxygen atoms in total. The Morgan fingerprint density at radius 1 is 1.07 bits per heavy atom. The normalized spacial score (nSPS) is 10.7. The van der Waals surface area contributed by atoms with E-state index in [1.807, 2.05) is 49.5 Å². The summed E-state index contributed by atoms with van der Waals surface area (Å²) in [6, 6.07) is 18.1. The maximum absolute atomic E-state index is 11.5. The van der Waals surface area contributed by atoms with Crippen molar-refractivity contribution in [3.8, 4) is 16.9 Å². The highest BCUT2D eigenvalue weighted by atomic mass is 35.5. The van der Waals surface area contributed by atoms with Crippen LogP contribution in [0.2, 0.25) is 5.02 Å². The minimum atomic E-state index is 0.276. The van der Waals surface area contributed by atoms with Gasteiger partial charge in [0.25, 0.3) is 0 Å². The van der Waals surface area contributed by atoms with Crippen LogP contribution in [-0.2, 0) is 17.6 Å². The van der Waals surface area contributed by atoms with Gasteiger partial charge in [0.15, 0.2) is 0 Å². The number of benzene rings is 2. The highest BCUT2D eigenvalue weighted by molar-refractivity contribution is 6.30. The number of rotatable bonds is 8. The van der Waals surface area contributed by atoms with Crippen LogP contribution in [0.25, 0.3) is 11.1 Å². The van der Waals surface area contributed by atoms with Gasteiger partial charge in [0, 0.05) is 35.3 Å². The number of halogens is 1. The molecule has 2 aromatic carbocycles. The summed E-state index contributed by atoms with van der Waals surface area (Å²) in [5, 5.41) is 0.700. The molecule has 0 aliphatic carbocycles. The van der Waals surface area contributed by atoms with Crippen molar-refractivity contribution in [3.05, 3.63) is 82.6 Å². The molecule has 0 bridgehead atoms. The van der Waals surface area contributed by atoms with Crippen molar-refractivity contribution in [2.75, 3.05) is 7.11 Å². The zero-order valence-electron chi connectivity index (χ0n) is 16.2. The molecule has 28 heavy (non-hydrogen) atoms. The first-order chi connectivity index (χ1) is 13.6. The fourth-order valence-corrected chi connectivity index (χ4v) is 3.32. The quantitative estimate of drug-likeness (QED) is 0.477. The molecule has 0 fully saturated rings. The third kappa shape index (κ3) is 5.20. The van der Waals surface area contributed by atoms with Gasteiger partial charge in [-0.3, -0.25) is 9.78 Å². The summed E-state index contributed by atoms with van der Waals surface area (Å²) in [6.07, 6.45) is 4.52. The van der Waals surface area contributed by atoms with Crippen LogP contribution in [-0.4, -0.2) is 17.9 Å². The molecule has 0 aliphatic heterocycles. The molecule has 1 aromatic heterocycles. The van der Waals surface area contributed by atoms with Crippen molar-refractivity contribution in [2.24, 2.45) is 0 Å². The third-order valence-electron chi connectivity index (χ3n) is 4.75. The molecule has 0 unspecified atom stereocenters. The summed E-state index contributed by atoms with van der Waals surface area (Å²) in [5.74, 6) is 1.10. The SMILES string of the molecule is CCC(=O)CCc1ccc(Cc2ccc(OC)c(-c3cccc(Cl)c3)c2)cn1. The fourth-order valence-electron chi connectivity index (χ4n) is 3.13. The van der Waals surface area contributed by atoms with E-state index >= 15 is 0 Å². The van der Waals surface area contributed by atoms with Crippen molar-refractivity contribution < 1.29 is 9.53 Å². The Balaban J connectivity index is 1.77. The first-order valence-electron chi connectivity index (χ1n) is 9.47. The van der Waals surface area contributed by atoms with E-state index in [2.05, 4.69) is 23.2 Å². The highest BCUT2D eigenvalue weighted by Crippen LogP contribution is 2.32. The van der Waals surface area contributed by atoms with Gasteiger partial charge < -0.3 is 4.74 Å². The smallest absolute Gasteiger partial charge is 0.133 e. The Hall–Kier alpha value is -2.65. The van der Waals surface area contributed by atoms with Gasteiger partial charge in [-0.15, -0.1) is 0 Å². The van der Waals surface area contributed by atoms with E-state index in [9.17, 15) is 4.79 Å². The topological polar surface area (TPSA) is 39.2 Å². The number of nitrogens with zero attached hydrogens (tertiary/aromatic N) is 1. The maximum atomic E-state index is 11.5. The van der Waals surface area contributed by atoms with E-state index in [-0.39, 0.29) is 5.78 Å². The van der Waals surface area contributed by atoms with Crippen molar-refractivity contribution in [1.29, 1.82) is 0 Å². The van der Waals surface area contributed by atoms with Crippen LogP contribution in [0.3, 0.4) is 0 Å². The molecule has 0 saturated carbocycles. The van der Waals surface area contributed by atoms with Gasteiger partial charge in [-0.05, 0) is 59.9 Å². The van der Waals surface area contributed by atoms with Crippen LogP contribution in [0.1, 0.15) is 36.6 Å². The zero-order chi connectivity index (χ0) is 19.9. The van der Waals surface area contributed by atoms with Crippen LogP contribution in [0.5, 0.6) is 5.75 Å². The number of aromatic nitrogens is 1. The van der Waals surface area contributed by atoms with E-state index in [1.54, 1.807) is 7.11 Å². The molecule has 0 radical (unpaired) electrons. The summed E-state index contributed by atoms with van der Waals surface area (Å²) >= 11 is 6.16. The van der Waals surface area contributed by atoms with E-state index in [1.165, 1.54) is 5.56 Å². The Kier molecular flexibility index (Phi) is 6.83. The van der Waals surface area contributed by atoms with E-state index in [0.29, 0.717) is 24.3 Å². The molecule has 0 spiro atoms. The second-order valence-corrected chi connectivity index (χ2v) is 7.21. The number of hydrogen-bond acceptors (Lipinski definition) is 3. The number of pyridine rings is 1. The van der Waals surface area contributed by atoms with Crippen molar-refractivity contribution in [2.45, 2.75) is 32.6 Å².